The average molecular weight is 322 g/mol. The molecule has 0 aromatic heterocycles. The van der Waals surface area contributed by atoms with Crippen molar-refractivity contribution in [3.8, 4) is 0 Å². The zero-order valence-corrected chi connectivity index (χ0v) is 13.9. The van der Waals surface area contributed by atoms with Crippen LogP contribution in [0, 0.1) is 0 Å². The summed E-state index contributed by atoms with van der Waals surface area (Å²) in [4.78, 5) is 0. The Bertz CT molecular complexity index is 551. The summed E-state index contributed by atoms with van der Waals surface area (Å²) in [5, 5.41) is 0.649. The predicted molar refractivity (Wildman–Crippen MR) is 93.7 cm³/mol. The molecule has 0 aliphatic carbocycles. The molecule has 0 atom stereocenters. The molecule has 0 N–H and O–H groups in total. The SMILES string of the molecule is CCCCCCc1ccc(N(Cl)c2ccccc2Cl)cc1. The third-order valence-electron chi connectivity index (χ3n) is 3.55. The van der Waals surface area contributed by atoms with Gasteiger partial charge in [-0.1, -0.05) is 62.1 Å². The van der Waals surface area contributed by atoms with Crippen molar-refractivity contribution in [2.45, 2.75) is 39.0 Å². The number of anilines is 2. The van der Waals surface area contributed by atoms with Crippen LogP contribution in [-0.4, -0.2) is 0 Å². The largest absolute Gasteiger partial charge is 0.252 e. The molecule has 2 rings (SSSR count). The summed E-state index contributed by atoms with van der Waals surface area (Å²) in [5.74, 6) is 0. The second-order valence-electron chi connectivity index (χ2n) is 5.21. The Kier molecular flexibility index (Phi) is 6.41. The number of unbranched alkanes of at least 4 members (excludes halogenated alkanes) is 3. The molecule has 0 unspecified atom stereocenters. The minimum Gasteiger partial charge on any atom is -0.252 e. The van der Waals surface area contributed by atoms with Gasteiger partial charge in [-0.2, -0.15) is 0 Å². The van der Waals surface area contributed by atoms with E-state index in [1.165, 1.54) is 31.2 Å². The molecule has 0 radical (unpaired) electrons. The third-order valence-corrected chi connectivity index (χ3v) is 4.24. The Balaban J connectivity index is 2.00. The second kappa shape index (κ2) is 8.31. The lowest BCUT2D eigenvalue weighted by molar-refractivity contribution is 0.667. The van der Waals surface area contributed by atoms with E-state index in [1.807, 2.05) is 36.4 Å². The lowest BCUT2D eigenvalue weighted by Crippen LogP contribution is -2.02. The zero-order chi connectivity index (χ0) is 15.1. The maximum Gasteiger partial charge on any atom is 0.0767 e. The van der Waals surface area contributed by atoms with E-state index in [-0.39, 0.29) is 0 Å². The van der Waals surface area contributed by atoms with E-state index in [1.54, 1.807) is 4.42 Å². The van der Waals surface area contributed by atoms with Crippen LogP contribution >= 0.6 is 23.4 Å². The van der Waals surface area contributed by atoms with Crippen LogP contribution in [0.1, 0.15) is 38.2 Å². The van der Waals surface area contributed by atoms with Crippen LogP contribution in [0.25, 0.3) is 0 Å². The average Bonchev–Trinajstić information content (AvgIpc) is 2.52. The number of benzene rings is 2. The van der Waals surface area contributed by atoms with Gasteiger partial charge in [0.2, 0.25) is 0 Å². The molecule has 0 saturated heterocycles. The summed E-state index contributed by atoms with van der Waals surface area (Å²) >= 11 is 12.6. The minimum atomic E-state index is 0.649. The molecule has 3 heteroatoms. The number of aryl methyl sites for hydroxylation is 1. The molecular weight excluding hydrogens is 301 g/mol. The highest BCUT2D eigenvalue weighted by atomic mass is 35.5. The summed E-state index contributed by atoms with van der Waals surface area (Å²) in [7, 11) is 0. The maximum absolute atomic E-state index is 6.38. The van der Waals surface area contributed by atoms with Crippen molar-refractivity contribution < 1.29 is 0 Å². The highest BCUT2D eigenvalue weighted by Gasteiger charge is 2.09. The van der Waals surface area contributed by atoms with Gasteiger partial charge in [0.05, 0.1) is 16.4 Å². The molecule has 21 heavy (non-hydrogen) atoms. The molecule has 0 fully saturated rings. The molecule has 2 aromatic rings. The first-order valence-corrected chi connectivity index (χ1v) is 8.23. The van der Waals surface area contributed by atoms with Gasteiger partial charge in [0.1, 0.15) is 0 Å². The highest BCUT2D eigenvalue weighted by molar-refractivity contribution is 6.37. The van der Waals surface area contributed by atoms with Crippen molar-refractivity contribution in [1.82, 2.24) is 0 Å². The Hall–Kier alpha value is -1.18. The minimum absolute atomic E-state index is 0.649. The summed E-state index contributed by atoms with van der Waals surface area (Å²) in [5.41, 5.74) is 3.10. The second-order valence-corrected chi connectivity index (χ2v) is 5.95. The number of rotatable bonds is 7. The smallest absolute Gasteiger partial charge is 0.0767 e. The number of halogens is 2. The first kappa shape index (κ1) is 16.2. The molecule has 0 saturated carbocycles. The van der Waals surface area contributed by atoms with E-state index in [0.29, 0.717) is 5.02 Å². The van der Waals surface area contributed by atoms with Crippen molar-refractivity contribution in [2.75, 3.05) is 4.42 Å². The van der Waals surface area contributed by atoms with Crippen molar-refractivity contribution in [1.29, 1.82) is 0 Å². The number of hydrogen-bond donors (Lipinski definition) is 0. The lowest BCUT2D eigenvalue weighted by Gasteiger charge is -2.17. The first-order valence-electron chi connectivity index (χ1n) is 7.51. The van der Waals surface area contributed by atoms with Crippen LogP contribution in [0.15, 0.2) is 48.5 Å². The molecule has 0 amide bonds. The van der Waals surface area contributed by atoms with E-state index >= 15 is 0 Å². The van der Waals surface area contributed by atoms with Crippen molar-refractivity contribution >= 4 is 34.8 Å². The monoisotopic (exact) mass is 321 g/mol. The lowest BCUT2D eigenvalue weighted by atomic mass is 10.1. The predicted octanol–water partition coefficient (Wildman–Crippen LogP) is 6.75. The fraction of sp³-hybridized carbons (Fsp3) is 0.333. The van der Waals surface area contributed by atoms with Crippen LogP contribution in [0.3, 0.4) is 0 Å². The van der Waals surface area contributed by atoms with Gasteiger partial charge in [0.25, 0.3) is 0 Å². The molecule has 0 bridgehead atoms. The van der Waals surface area contributed by atoms with Crippen LogP contribution in [0.4, 0.5) is 11.4 Å². The van der Waals surface area contributed by atoms with E-state index < -0.39 is 0 Å². The van der Waals surface area contributed by atoms with Gasteiger partial charge >= 0.3 is 0 Å². The van der Waals surface area contributed by atoms with E-state index in [4.69, 9.17) is 23.4 Å². The maximum atomic E-state index is 6.38. The van der Waals surface area contributed by atoms with Crippen molar-refractivity contribution in [3.05, 3.63) is 59.1 Å². The van der Waals surface area contributed by atoms with Gasteiger partial charge in [-0.25, -0.2) is 0 Å². The van der Waals surface area contributed by atoms with Gasteiger partial charge in [0, 0.05) is 11.8 Å². The van der Waals surface area contributed by atoms with Gasteiger partial charge in [-0.15, -0.1) is 0 Å². The Morgan fingerprint density at radius 2 is 1.62 bits per heavy atom. The fourth-order valence-electron chi connectivity index (χ4n) is 2.30. The normalized spacial score (nSPS) is 10.6. The molecular formula is C18H21Cl2N. The molecule has 1 nitrogen and oxygen atoms in total. The van der Waals surface area contributed by atoms with Gasteiger partial charge in [-0.05, 0) is 42.7 Å². The van der Waals surface area contributed by atoms with Crippen LogP contribution < -0.4 is 4.42 Å². The Morgan fingerprint density at radius 3 is 2.29 bits per heavy atom. The standard InChI is InChI=1S/C18H21Cl2N/c1-2-3-4-5-8-15-11-13-16(14-12-15)21(20)18-10-7-6-9-17(18)19/h6-7,9-14H,2-5,8H2,1H3. The Labute approximate surface area is 137 Å². The molecule has 112 valence electrons. The molecule has 0 aliphatic rings. The molecule has 0 spiro atoms. The third kappa shape index (κ3) is 4.66. The fourth-order valence-corrected chi connectivity index (χ4v) is 2.82. The first-order chi connectivity index (χ1) is 10.2. The molecule has 2 aromatic carbocycles. The van der Waals surface area contributed by atoms with Gasteiger partial charge in [-0.3, -0.25) is 4.42 Å². The molecule has 0 heterocycles. The number of nitrogens with zero attached hydrogens (tertiary/aromatic N) is 1. The quantitative estimate of drug-likeness (QED) is 0.402. The highest BCUT2D eigenvalue weighted by Crippen LogP contribution is 2.33. The summed E-state index contributed by atoms with van der Waals surface area (Å²) in [6.45, 7) is 2.23. The van der Waals surface area contributed by atoms with Crippen molar-refractivity contribution in [2.24, 2.45) is 0 Å². The van der Waals surface area contributed by atoms with Gasteiger partial charge < -0.3 is 0 Å². The zero-order valence-electron chi connectivity index (χ0n) is 12.4. The van der Waals surface area contributed by atoms with E-state index in [2.05, 4.69) is 19.1 Å². The number of para-hydroxylation sites is 1. The van der Waals surface area contributed by atoms with Crippen LogP contribution in [-0.2, 0) is 6.42 Å². The topological polar surface area (TPSA) is 3.24 Å². The van der Waals surface area contributed by atoms with Crippen LogP contribution in [0.5, 0.6) is 0 Å². The summed E-state index contributed by atoms with van der Waals surface area (Å²) in [6.07, 6.45) is 6.29. The van der Waals surface area contributed by atoms with E-state index in [0.717, 1.165) is 17.8 Å². The van der Waals surface area contributed by atoms with E-state index in [9.17, 15) is 0 Å². The number of hydrogen-bond acceptors (Lipinski definition) is 1. The summed E-state index contributed by atoms with van der Waals surface area (Å²) < 4.78 is 1.60. The molecule has 0 aliphatic heterocycles. The summed E-state index contributed by atoms with van der Waals surface area (Å²) in [6, 6.07) is 16.0. The Morgan fingerprint density at radius 1 is 0.905 bits per heavy atom. The van der Waals surface area contributed by atoms with Gasteiger partial charge in [0.15, 0.2) is 0 Å². The van der Waals surface area contributed by atoms with Crippen molar-refractivity contribution in [3.63, 3.8) is 0 Å². The van der Waals surface area contributed by atoms with Crippen LogP contribution in [0.2, 0.25) is 5.02 Å².